The van der Waals surface area contributed by atoms with E-state index in [0.29, 0.717) is 76.3 Å². The number of rotatable bonds is 28. The highest BCUT2D eigenvalue weighted by Gasteiger charge is 2.44. The molecule has 3 aromatic heterocycles. The molecule has 722 valence electrons. The van der Waals surface area contributed by atoms with E-state index < -0.39 is 223 Å². The average Bonchev–Trinajstić information content (AvgIpc) is 0.880. The van der Waals surface area contributed by atoms with Gasteiger partial charge < -0.3 is 115 Å². The van der Waals surface area contributed by atoms with Gasteiger partial charge in [0.2, 0.25) is 100 Å². The summed E-state index contributed by atoms with van der Waals surface area (Å²) in [5.74, 6) is -17.9. The molecule has 17 amide bonds. The maximum absolute atomic E-state index is 15.8. The van der Waals surface area contributed by atoms with Gasteiger partial charge in [-0.2, -0.15) is 0 Å². The Bertz CT molecular complexity index is 5070. The molecule has 20 N–H and O–H groups in total. The number of carboxylic acids is 1. The summed E-state index contributed by atoms with van der Waals surface area (Å²) in [4.78, 5) is 281. The Morgan fingerprint density at radius 2 is 1.06 bits per heavy atom. The van der Waals surface area contributed by atoms with Crippen LogP contribution < -0.4 is 70.4 Å². The second-order valence-corrected chi connectivity index (χ2v) is 35.2. The van der Waals surface area contributed by atoms with Crippen molar-refractivity contribution < 1.29 is 91.4 Å². The number of amides is 17. The topological polar surface area (TPSA) is 602 Å². The lowest BCUT2D eigenvalue weighted by atomic mass is 9.99. The van der Waals surface area contributed by atoms with Crippen LogP contribution in [0.25, 0.3) is 21.8 Å². The number of nitrogens with zero attached hydrogens (tertiary/aromatic N) is 6. The number of imidazole rings is 1. The monoisotopic (exact) mass is 1860 g/mol. The van der Waals surface area contributed by atoms with Crippen LogP contribution >= 0.6 is 11.8 Å². The number of aromatic nitrogens is 4. The number of thioether (sulfide) groups is 1. The van der Waals surface area contributed by atoms with Crippen LogP contribution in [0, 0.1) is 5.92 Å². The third-order valence-electron chi connectivity index (χ3n) is 23.6. The van der Waals surface area contributed by atoms with Crippen LogP contribution in [0.2, 0.25) is 0 Å². The minimum atomic E-state index is -1.77. The number of para-hydroxylation sites is 2. The number of H-pyrrole nitrogens is 3. The number of carbonyl (C=O) groups is 18. The first-order chi connectivity index (χ1) is 63.4. The number of carbonyl (C=O) groups excluding carboxylic acids is 17. The van der Waals surface area contributed by atoms with Crippen molar-refractivity contribution in [3.63, 3.8) is 0 Å². The van der Waals surface area contributed by atoms with Crippen molar-refractivity contribution in [2.24, 2.45) is 23.1 Å². The zero-order valence-corrected chi connectivity index (χ0v) is 77.5. The van der Waals surface area contributed by atoms with Gasteiger partial charge in [0.15, 0.2) is 0 Å². The lowest BCUT2D eigenvalue weighted by molar-refractivity contribution is -0.149. The largest absolute Gasteiger partial charge is 0.481 e. The lowest BCUT2D eigenvalue weighted by Crippen LogP contribution is -2.61. The van der Waals surface area contributed by atoms with Crippen molar-refractivity contribution in [1.82, 2.24) is 97.6 Å². The molecule has 0 aliphatic carbocycles. The molecular weight excluding hydrogens is 1740 g/mol. The molecule has 3 aromatic carbocycles. The molecule has 2 fully saturated rings. The first-order valence-corrected chi connectivity index (χ1v) is 46.1. The standard InChI is InChI=1S/C91H128N22O19S/c1-10-12-31-71-85(126)103-62(30-21-22-36-92)81(122)108-70(80(121)98-47-75(94)115)49-133-50-77(117)101-67(39-54-24-15-14-16-25-54)88(129)110(7)53(5)79(120)105-69(43-74(93)114)90(131)113-37-23-33-72(113)86(127)104-65(42-57-46-95-51-99-57)84(125)106-66(38-52(3)4)87(128)109(6)48-76(116)100-64(40-55-44-96-60-28-19-17-26-58(55)60)83(124)102-63(34-35-78(118)119)82(123)107-68(41-56-45-97-61-29-20-18-27-59(56)61)89(130)112(9)73(32-13-11-2)91(132)111(71)8/h14-20,24-29,44-46,51-53,62-73,96-97H,10-13,21-23,30-43,47-50,92H2,1-9H3,(H2,93,114)(H2,94,115)(H,95,99)(H,98,121)(H,100,116)(H,101,117)(H,102,124)(H,103,126)(H,104,127)(H,105,120)(H,106,125)(H,107,123)(H,108,122)(H,118,119)/t53-,62-,63-,64-,65-,66-,67-,68-,69-,70-,71-,72-,73-/m0/s1. The molecule has 0 radical (unpaired) electrons. The number of aromatic amines is 3. The summed E-state index contributed by atoms with van der Waals surface area (Å²) in [7, 11) is 5.26. The third kappa shape index (κ3) is 30.9. The Labute approximate surface area is 775 Å². The number of fused-ring (bicyclic) bond motifs is 3. The van der Waals surface area contributed by atoms with Crippen LogP contribution in [-0.4, -0.2) is 300 Å². The van der Waals surface area contributed by atoms with Crippen LogP contribution in [0.3, 0.4) is 0 Å². The van der Waals surface area contributed by atoms with E-state index in [0.717, 1.165) is 31.4 Å². The summed E-state index contributed by atoms with van der Waals surface area (Å²) < 4.78 is 0. The first kappa shape index (κ1) is 105. The predicted molar refractivity (Wildman–Crippen MR) is 493 cm³/mol. The Kier molecular flexibility index (Phi) is 40.7. The maximum atomic E-state index is 15.8. The fourth-order valence-corrected chi connectivity index (χ4v) is 17.0. The van der Waals surface area contributed by atoms with Gasteiger partial charge in [-0.25, -0.2) is 4.98 Å². The molecule has 0 bridgehead atoms. The van der Waals surface area contributed by atoms with E-state index in [-0.39, 0.29) is 95.4 Å². The molecule has 2 aliphatic rings. The average molecular weight is 1870 g/mol. The number of benzene rings is 3. The van der Waals surface area contributed by atoms with Crippen molar-refractivity contribution in [3.05, 3.63) is 126 Å². The van der Waals surface area contributed by atoms with Crippen molar-refractivity contribution in [1.29, 1.82) is 0 Å². The molecule has 133 heavy (non-hydrogen) atoms. The normalized spacial score (nSPS) is 23.5. The van der Waals surface area contributed by atoms with Gasteiger partial charge in [0.25, 0.3) is 0 Å². The number of hydrogen-bond acceptors (Lipinski definition) is 21. The van der Waals surface area contributed by atoms with E-state index in [4.69, 9.17) is 17.2 Å². The summed E-state index contributed by atoms with van der Waals surface area (Å²) in [6.07, 6.45) is 5.33. The van der Waals surface area contributed by atoms with Crippen molar-refractivity contribution in [2.75, 3.05) is 65.9 Å². The first-order valence-electron chi connectivity index (χ1n) is 44.9. The SMILES string of the molecule is CCCC[C@H]1C(=O)N(C)[C@@H](CCCC)C(=O)N[C@@H](CCCCN)C(=O)N[C@H](C(=O)NCC(N)=O)CSCC(=O)N[C@@H](Cc2ccccc2)C(=O)N(C)[C@@H](C)C(=O)N[C@@H](CC(N)=O)C(=O)N2CCC[C@H]2C(=O)N[C@@H](Cc2cnc[nH]2)C(=O)N[C@@H](CC(C)C)C(=O)N(C)CC(=O)N[C@@H](Cc2c[nH]c3ccccc23)C(=O)N[C@@H](CCC(=O)O)C(=O)N[C@@H](Cc2c[nH]c3ccccc23)C(=O)N1C. The van der Waals surface area contributed by atoms with Gasteiger partial charge >= 0.3 is 5.97 Å². The van der Waals surface area contributed by atoms with Crippen LogP contribution in [0.1, 0.15) is 153 Å². The van der Waals surface area contributed by atoms with E-state index in [9.17, 15) is 67.4 Å². The fraction of sp³-hybridized carbons (Fsp3) is 0.527. The third-order valence-corrected chi connectivity index (χ3v) is 24.6. The van der Waals surface area contributed by atoms with Gasteiger partial charge in [0.05, 0.1) is 31.6 Å². The van der Waals surface area contributed by atoms with Gasteiger partial charge in [0.1, 0.15) is 78.5 Å². The molecule has 42 heteroatoms. The number of nitrogens with two attached hydrogens (primary N) is 3. The van der Waals surface area contributed by atoms with Crippen molar-refractivity contribution >= 4 is 140 Å². The molecular formula is C91H128N22O19S. The van der Waals surface area contributed by atoms with Crippen LogP contribution in [-0.2, 0) is 112 Å². The Hall–Kier alpha value is -13.3. The van der Waals surface area contributed by atoms with Gasteiger partial charge in [-0.3, -0.25) is 86.3 Å². The van der Waals surface area contributed by atoms with Crippen molar-refractivity contribution in [2.45, 2.75) is 235 Å². The highest BCUT2D eigenvalue weighted by atomic mass is 32.2. The molecule has 2 saturated heterocycles. The minimum Gasteiger partial charge on any atom is -0.481 e. The molecule has 41 nitrogen and oxygen atoms in total. The zero-order valence-electron chi connectivity index (χ0n) is 76.7. The molecule has 5 heterocycles. The Morgan fingerprint density at radius 3 is 1.66 bits per heavy atom. The van der Waals surface area contributed by atoms with E-state index in [1.807, 2.05) is 13.8 Å². The Balaban J connectivity index is 1.19. The van der Waals surface area contributed by atoms with E-state index in [1.165, 1.54) is 52.5 Å². The molecule has 2 aliphatic heterocycles. The Morgan fingerprint density at radius 1 is 0.526 bits per heavy atom. The molecule has 13 atom stereocenters. The number of primary amides is 2. The molecule has 6 aromatic rings. The van der Waals surface area contributed by atoms with Crippen molar-refractivity contribution in [3.8, 4) is 0 Å². The maximum Gasteiger partial charge on any atom is 0.303 e. The summed E-state index contributed by atoms with van der Waals surface area (Å²) in [6.45, 7) is 7.17. The van der Waals surface area contributed by atoms with Gasteiger partial charge in [-0.1, -0.05) is 120 Å². The van der Waals surface area contributed by atoms with Gasteiger partial charge in [0, 0.05) is 119 Å². The summed E-state index contributed by atoms with van der Waals surface area (Å²) in [5.41, 5.74) is 20.3. The second-order valence-electron chi connectivity index (χ2n) is 34.2. The molecule has 0 unspecified atom stereocenters. The number of nitrogens with one attached hydrogen (secondary N) is 13. The van der Waals surface area contributed by atoms with Crippen LogP contribution in [0.5, 0.6) is 0 Å². The number of unbranched alkanes of at least 4 members (excludes halogenated alkanes) is 3. The predicted octanol–water partition coefficient (Wildman–Crippen LogP) is -0.400. The number of likely N-dealkylation sites (N-methyl/N-ethyl adjacent to an activating group) is 4. The van der Waals surface area contributed by atoms with E-state index in [2.05, 4.69) is 73.1 Å². The van der Waals surface area contributed by atoms with Crippen LogP contribution in [0.15, 0.2) is 104 Å². The molecule has 0 spiro atoms. The molecule has 0 saturated carbocycles. The fourth-order valence-electron chi connectivity index (χ4n) is 16.1. The second kappa shape index (κ2) is 51.5. The lowest BCUT2D eigenvalue weighted by Gasteiger charge is -2.36. The smallest absolute Gasteiger partial charge is 0.303 e. The summed E-state index contributed by atoms with van der Waals surface area (Å²) >= 11 is 0.815. The summed E-state index contributed by atoms with van der Waals surface area (Å²) in [6, 6.07) is 3.03. The van der Waals surface area contributed by atoms with Gasteiger partial charge in [-0.05, 0) is 106 Å². The van der Waals surface area contributed by atoms with E-state index in [1.54, 1.807) is 105 Å². The van der Waals surface area contributed by atoms with Crippen LogP contribution in [0.4, 0.5) is 0 Å². The highest BCUT2D eigenvalue weighted by Crippen LogP contribution is 2.27. The quantitative estimate of drug-likeness (QED) is 0.0278. The number of hydrogen-bond donors (Lipinski definition) is 17. The summed E-state index contributed by atoms with van der Waals surface area (Å²) in [5, 5.41) is 38.2. The van der Waals surface area contributed by atoms with E-state index >= 15 is 24.0 Å². The van der Waals surface area contributed by atoms with Gasteiger partial charge in [-0.15, -0.1) is 11.8 Å². The zero-order chi connectivity index (χ0) is 97.3. The minimum absolute atomic E-state index is 0.00471. The number of aliphatic carboxylic acids is 1. The molecule has 8 rings (SSSR count). The highest BCUT2D eigenvalue weighted by molar-refractivity contribution is 8.00. The number of carboxylic acid groups (broad SMARTS) is 1.